The molecule has 0 saturated carbocycles. The molecule has 1 aromatic rings. The maximum atomic E-state index is 11.8. The van der Waals surface area contributed by atoms with E-state index in [1.807, 2.05) is 4.90 Å². The molecule has 2 saturated heterocycles. The highest BCUT2D eigenvalue weighted by atomic mass is 16.2. The van der Waals surface area contributed by atoms with Gasteiger partial charge in [-0.05, 0) is 30.5 Å². The van der Waals surface area contributed by atoms with Crippen molar-refractivity contribution in [2.45, 2.75) is 25.8 Å². The normalized spacial score (nSPS) is 22.4. The summed E-state index contributed by atoms with van der Waals surface area (Å²) in [5.74, 6) is 2.95. The van der Waals surface area contributed by atoms with E-state index in [2.05, 4.69) is 35.1 Å². The van der Waals surface area contributed by atoms with E-state index in [9.17, 15) is 4.79 Å². The first-order chi connectivity index (χ1) is 9.76. The molecule has 0 bridgehead atoms. The Labute approximate surface area is 120 Å². The van der Waals surface area contributed by atoms with Gasteiger partial charge in [-0.15, -0.1) is 12.3 Å². The Morgan fingerprint density at radius 3 is 2.50 bits per heavy atom. The maximum absolute atomic E-state index is 11.8. The fourth-order valence-corrected chi connectivity index (χ4v) is 3.04. The number of amides is 1. The SMILES string of the molecule is C#CC1CC(=O)N(Cc2ccc(N3CCCC3)cc2)C1. The zero-order valence-electron chi connectivity index (χ0n) is 11.7. The first kappa shape index (κ1) is 13.1. The van der Waals surface area contributed by atoms with Crippen LogP contribution in [0.2, 0.25) is 0 Å². The Kier molecular flexibility index (Phi) is 3.64. The lowest BCUT2D eigenvalue weighted by molar-refractivity contribution is -0.128. The van der Waals surface area contributed by atoms with E-state index in [1.165, 1.54) is 24.1 Å². The van der Waals surface area contributed by atoms with Crippen LogP contribution in [0.1, 0.15) is 24.8 Å². The van der Waals surface area contributed by atoms with E-state index in [4.69, 9.17) is 6.42 Å². The second-order valence-corrected chi connectivity index (χ2v) is 5.70. The molecule has 20 heavy (non-hydrogen) atoms. The van der Waals surface area contributed by atoms with E-state index in [-0.39, 0.29) is 11.8 Å². The molecule has 0 radical (unpaired) electrons. The number of nitrogens with zero attached hydrogens (tertiary/aromatic N) is 2. The maximum Gasteiger partial charge on any atom is 0.224 e. The highest BCUT2D eigenvalue weighted by Gasteiger charge is 2.27. The van der Waals surface area contributed by atoms with Crippen molar-refractivity contribution in [3.8, 4) is 12.3 Å². The summed E-state index contributed by atoms with van der Waals surface area (Å²) < 4.78 is 0. The molecule has 3 heteroatoms. The fraction of sp³-hybridized carbons (Fsp3) is 0.471. The summed E-state index contributed by atoms with van der Waals surface area (Å²) in [4.78, 5) is 16.1. The summed E-state index contributed by atoms with van der Waals surface area (Å²) >= 11 is 0. The van der Waals surface area contributed by atoms with E-state index < -0.39 is 0 Å². The van der Waals surface area contributed by atoms with Crippen LogP contribution >= 0.6 is 0 Å². The highest BCUT2D eigenvalue weighted by molar-refractivity contribution is 5.79. The van der Waals surface area contributed by atoms with Crippen LogP contribution in [0.15, 0.2) is 24.3 Å². The van der Waals surface area contributed by atoms with Crippen molar-refractivity contribution in [3.05, 3.63) is 29.8 Å². The summed E-state index contributed by atoms with van der Waals surface area (Å²) in [5, 5.41) is 0. The minimum absolute atomic E-state index is 0.0892. The van der Waals surface area contributed by atoms with Crippen LogP contribution < -0.4 is 4.90 Å². The van der Waals surface area contributed by atoms with Crippen molar-refractivity contribution in [1.82, 2.24) is 4.90 Å². The molecule has 104 valence electrons. The van der Waals surface area contributed by atoms with Gasteiger partial charge in [0.1, 0.15) is 0 Å². The summed E-state index contributed by atoms with van der Waals surface area (Å²) in [6.07, 6.45) is 8.49. The molecule has 2 heterocycles. The van der Waals surface area contributed by atoms with Crippen molar-refractivity contribution < 1.29 is 4.79 Å². The first-order valence-electron chi connectivity index (χ1n) is 7.34. The second kappa shape index (κ2) is 5.58. The van der Waals surface area contributed by atoms with E-state index in [0.717, 1.165) is 13.1 Å². The predicted octanol–water partition coefficient (Wildman–Crippen LogP) is 2.27. The number of anilines is 1. The number of hydrogen-bond acceptors (Lipinski definition) is 2. The molecule has 1 amide bonds. The molecule has 2 aliphatic rings. The lowest BCUT2D eigenvalue weighted by atomic mass is 10.1. The zero-order valence-corrected chi connectivity index (χ0v) is 11.7. The van der Waals surface area contributed by atoms with E-state index in [1.54, 1.807) is 0 Å². The van der Waals surface area contributed by atoms with Gasteiger partial charge in [-0.3, -0.25) is 4.79 Å². The van der Waals surface area contributed by atoms with Crippen LogP contribution in [0, 0.1) is 18.3 Å². The van der Waals surface area contributed by atoms with Gasteiger partial charge in [-0.25, -0.2) is 0 Å². The third kappa shape index (κ3) is 2.65. The molecule has 2 aliphatic heterocycles. The molecule has 3 nitrogen and oxygen atoms in total. The van der Waals surface area contributed by atoms with E-state index >= 15 is 0 Å². The van der Waals surface area contributed by atoms with Gasteiger partial charge in [0.25, 0.3) is 0 Å². The lowest BCUT2D eigenvalue weighted by Crippen LogP contribution is -2.24. The van der Waals surface area contributed by atoms with Crippen LogP contribution in [0.3, 0.4) is 0 Å². The van der Waals surface area contributed by atoms with Crippen LogP contribution in [-0.4, -0.2) is 30.4 Å². The molecule has 1 atom stereocenters. The summed E-state index contributed by atoms with van der Waals surface area (Å²) in [7, 11) is 0. The second-order valence-electron chi connectivity index (χ2n) is 5.70. The third-order valence-corrected chi connectivity index (χ3v) is 4.23. The number of likely N-dealkylation sites (tertiary alicyclic amines) is 1. The predicted molar refractivity (Wildman–Crippen MR) is 80.2 cm³/mol. The van der Waals surface area contributed by atoms with Gasteiger partial charge in [0, 0.05) is 44.2 Å². The Bertz CT molecular complexity index is 523. The van der Waals surface area contributed by atoms with Gasteiger partial charge in [0.2, 0.25) is 5.91 Å². The zero-order chi connectivity index (χ0) is 13.9. The van der Waals surface area contributed by atoms with Crippen LogP contribution in [0.5, 0.6) is 0 Å². The number of terminal acetylenes is 1. The standard InChI is InChI=1S/C17H20N2O/c1-2-14-11-17(20)19(12-14)13-15-5-7-16(8-6-15)18-9-3-4-10-18/h1,5-8,14H,3-4,9-13H2. The molecule has 2 fully saturated rings. The molecular formula is C17H20N2O. The Morgan fingerprint density at radius 1 is 1.20 bits per heavy atom. The average molecular weight is 268 g/mol. The molecule has 1 unspecified atom stereocenters. The summed E-state index contributed by atoms with van der Waals surface area (Å²) in [6, 6.07) is 8.59. The summed E-state index contributed by atoms with van der Waals surface area (Å²) in [6.45, 7) is 3.70. The monoisotopic (exact) mass is 268 g/mol. The number of hydrogen-bond donors (Lipinski definition) is 0. The first-order valence-corrected chi connectivity index (χ1v) is 7.34. The summed E-state index contributed by atoms with van der Waals surface area (Å²) in [5.41, 5.74) is 2.47. The Balaban J connectivity index is 1.63. The van der Waals surface area contributed by atoms with Gasteiger partial charge >= 0.3 is 0 Å². The molecule has 3 rings (SSSR count). The lowest BCUT2D eigenvalue weighted by Gasteiger charge is -2.19. The molecule has 0 aromatic heterocycles. The minimum Gasteiger partial charge on any atom is -0.372 e. The average Bonchev–Trinajstić information content (AvgIpc) is 3.10. The fourth-order valence-electron chi connectivity index (χ4n) is 3.04. The van der Waals surface area contributed by atoms with E-state index in [0.29, 0.717) is 19.5 Å². The van der Waals surface area contributed by atoms with Crippen LogP contribution in [0.4, 0.5) is 5.69 Å². The van der Waals surface area contributed by atoms with Gasteiger partial charge in [0.05, 0.1) is 0 Å². The third-order valence-electron chi connectivity index (χ3n) is 4.23. The van der Waals surface area contributed by atoms with Gasteiger partial charge < -0.3 is 9.80 Å². The van der Waals surface area contributed by atoms with Crippen LogP contribution in [-0.2, 0) is 11.3 Å². The van der Waals surface area contributed by atoms with Crippen molar-refractivity contribution in [3.63, 3.8) is 0 Å². The topological polar surface area (TPSA) is 23.6 Å². The molecule has 0 spiro atoms. The van der Waals surface area contributed by atoms with Crippen LogP contribution in [0.25, 0.3) is 0 Å². The quantitative estimate of drug-likeness (QED) is 0.785. The van der Waals surface area contributed by atoms with Crippen molar-refractivity contribution in [2.24, 2.45) is 5.92 Å². The van der Waals surface area contributed by atoms with Crippen molar-refractivity contribution in [2.75, 3.05) is 24.5 Å². The molecule has 0 aliphatic carbocycles. The molecule has 0 N–H and O–H groups in total. The highest BCUT2D eigenvalue weighted by Crippen LogP contribution is 2.23. The number of carbonyl (C=O) groups excluding carboxylic acids is 1. The number of rotatable bonds is 3. The smallest absolute Gasteiger partial charge is 0.224 e. The van der Waals surface area contributed by atoms with Crippen molar-refractivity contribution in [1.29, 1.82) is 0 Å². The Morgan fingerprint density at radius 2 is 1.90 bits per heavy atom. The Hall–Kier alpha value is -1.95. The molecule has 1 aromatic carbocycles. The van der Waals surface area contributed by atoms with Crippen molar-refractivity contribution >= 4 is 11.6 Å². The van der Waals surface area contributed by atoms with Gasteiger partial charge in [0.15, 0.2) is 0 Å². The molecular weight excluding hydrogens is 248 g/mol. The van der Waals surface area contributed by atoms with Gasteiger partial charge in [-0.1, -0.05) is 12.1 Å². The largest absolute Gasteiger partial charge is 0.372 e. The minimum atomic E-state index is 0.0892. The number of carbonyl (C=O) groups is 1. The van der Waals surface area contributed by atoms with Gasteiger partial charge in [-0.2, -0.15) is 0 Å². The number of benzene rings is 1.